The van der Waals surface area contributed by atoms with E-state index < -0.39 is 0 Å². The Morgan fingerprint density at radius 2 is 1.81 bits per heavy atom. The highest BCUT2D eigenvalue weighted by atomic mass is 32.2. The number of rotatable bonds is 6. The molecule has 7 heteroatoms. The van der Waals surface area contributed by atoms with Gasteiger partial charge in [-0.15, -0.1) is 0 Å². The molecule has 0 unspecified atom stereocenters. The molecule has 1 heterocycles. The molecule has 0 aromatic heterocycles. The summed E-state index contributed by atoms with van der Waals surface area (Å²) >= 11 is 6.47. The number of carbonyl (C=O) groups excluding carboxylic acids is 2. The second-order valence-corrected chi connectivity index (χ2v) is 8.80. The number of hydrazine groups is 1. The summed E-state index contributed by atoms with van der Waals surface area (Å²) in [6, 6.07) is 24.6. The average Bonchev–Trinajstić information content (AvgIpc) is 3.06. The van der Waals surface area contributed by atoms with Crippen molar-refractivity contribution >= 4 is 46.2 Å². The predicted molar refractivity (Wildman–Crippen MR) is 131 cm³/mol. The summed E-state index contributed by atoms with van der Waals surface area (Å²) in [5.74, 6) is -0.0413. The Hall–Kier alpha value is -3.42. The molecular formula is C25H20N2O3S2. The summed E-state index contributed by atoms with van der Waals surface area (Å²) in [6.07, 6.45) is 1.74. The maximum atomic E-state index is 12.9. The Morgan fingerprint density at radius 3 is 2.59 bits per heavy atom. The monoisotopic (exact) mass is 460 g/mol. The maximum absolute atomic E-state index is 12.9. The lowest BCUT2D eigenvalue weighted by Gasteiger charge is -2.16. The Labute approximate surface area is 196 Å². The number of thioether (sulfide) groups is 1. The van der Waals surface area contributed by atoms with Gasteiger partial charge in [-0.25, -0.2) is 0 Å². The molecule has 1 N–H and O–H groups in total. The first-order chi connectivity index (χ1) is 15.5. The van der Waals surface area contributed by atoms with E-state index in [-0.39, 0.29) is 16.1 Å². The van der Waals surface area contributed by atoms with Crippen LogP contribution in [-0.2, 0) is 11.4 Å². The van der Waals surface area contributed by atoms with Crippen molar-refractivity contribution in [2.75, 3.05) is 0 Å². The molecule has 160 valence electrons. The molecule has 1 aliphatic rings. The summed E-state index contributed by atoms with van der Waals surface area (Å²) in [5, 5.41) is 1.12. The van der Waals surface area contributed by atoms with Gasteiger partial charge in [-0.1, -0.05) is 72.4 Å². The molecule has 0 aliphatic carbocycles. The van der Waals surface area contributed by atoms with E-state index in [9.17, 15) is 9.59 Å². The number of aryl methyl sites for hydroxylation is 1. The lowest BCUT2D eigenvalue weighted by Crippen LogP contribution is -2.45. The zero-order valence-corrected chi connectivity index (χ0v) is 18.9. The van der Waals surface area contributed by atoms with Gasteiger partial charge in [0.2, 0.25) is 0 Å². The molecule has 3 aromatic carbocycles. The number of amides is 2. The zero-order valence-electron chi connectivity index (χ0n) is 17.3. The van der Waals surface area contributed by atoms with Crippen molar-refractivity contribution in [2.24, 2.45) is 0 Å². The number of hydrogen-bond acceptors (Lipinski definition) is 5. The number of hydrogen-bond donors (Lipinski definition) is 1. The van der Waals surface area contributed by atoms with E-state index in [2.05, 4.69) is 5.43 Å². The van der Waals surface area contributed by atoms with Crippen molar-refractivity contribution in [3.05, 3.63) is 106 Å². The number of thiocarbonyl (C=S) groups is 1. The van der Waals surface area contributed by atoms with Crippen LogP contribution in [0.5, 0.6) is 5.75 Å². The van der Waals surface area contributed by atoms with Crippen LogP contribution in [0, 0.1) is 6.92 Å². The third-order valence-corrected chi connectivity index (χ3v) is 6.10. The lowest BCUT2D eigenvalue weighted by atomic mass is 10.1. The Morgan fingerprint density at radius 1 is 1.06 bits per heavy atom. The molecule has 4 rings (SSSR count). The quantitative estimate of drug-likeness (QED) is 0.409. The molecular weight excluding hydrogens is 440 g/mol. The second-order valence-electron chi connectivity index (χ2n) is 7.12. The van der Waals surface area contributed by atoms with Crippen LogP contribution in [0.25, 0.3) is 6.08 Å². The summed E-state index contributed by atoms with van der Waals surface area (Å²) in [5.41, 5.74) is 5.81. The number of carbonyl (C=O) groups is 2. The fourth-order valence-electron chi connectivity index (χ4n) is 3.14. The van der Waals surface area contributed by atoms with Gasteiger partial charge in [0.25, 0.3) is 11.8 Å². The van der Waals surface area contributed by atoms with Crippen molar-refractivity contribution in [2.45, 2.75) is 13.5 Å². The molecule has 3 aromatic rings. The van der Waals surface area contributed by atoms with E-state index in [0.29, 0.717) is 22.8 Å². The van der Waals surface area contributed by atoms with Gasteiger partial charge >= 0.3 is 0 Å². The van der Waals surface area contributed by atoms with Crippen molar-refractivity contribution in [1.82, 2.24) is 10.4 Å². The molecule has 0 atom stereocenters. The minimum absolute atomic E-state index is 0.277. The standard InChI is InChI=1S/C25H20N2O3S2/c1-17-8-5-6-13-21(17)23(28)26-27-24(29)22(32-25(27)31)15-19-11-7-12-20(14-19)30-16-18-9-3-2-4-10-18/h2-15H,16H2,1H3,(H,26,28). The molecule has 0 bridgehead atoms. The highest BCUT2D eigenvalue weighted by Gasteiger charge is 2.34. The van der Waals surface area contributed by atoms with Crippen LogP contribution in [-0.4, -0.2) is 21.1 Å². The normalized spacial score (nSPS) is 14.7. The molecule has 0 saturated carbocycles. The van der Waals surface area contributed by atoms with E-state index in [1.54, 1.807) is 18.2 Å². The first-order valence-corrected chi connectivity index (χ1v) is 11.1. The SMILES string of the molecule is Cc1ccccc1C(=O)NN1C(=O)C(=Cc2cccc(OCc3ccccc3)c2)SC1=S. The van der Waals surface area contributed by atoms with E-state index >= 15 is 0 Å². The third kappa shape index (κ3) is 5.07. The molecule has 0 spiro atoms. The molecule has 5 nitrogen and oxygen atoms in total. The average molecular weight is 461 g/mol. The van der Waals surface area contributed by atoms with E-state index in [1.807, 2.05) is 73.7 Å². The number of ether oxygens (including phenoxy) is 1. The van der Waals surface area contributed by atoms with Gasteiger partial charge in [0.1, 0.15) is 12.4 Å². The summed E-state index contributed by atoms with van der Waals surface area (Å²) in [7, 11) is 0. The predicted octanol–water partition coefficient (Wildman–Crippen LogP) is 5.12. The summed E-state index contributed by atoms with van der Waals surface area (Å²) < 4.78 is 6.14. The van der Waals surface area contributed by atoms with Gasteiger partial charge in [-0.2, -0.15) is 5.01 Å². The molecule has 1 saturated heterocycles. The van der Waals surface area contributed by atoms with Crippen LogP contribution in [0.2, 0.25) is 0 Å². The zero-order chi connectivity index (χ0) is 22.5. The molecule has 32 heavy (non-hydrogen) atoms. The second kappa shape index (κ2) is 9.80. The van der Waals surface area contributed by atoms with Gasteiger partial charge in [-0.3, -0.25) is 15.0 Å². The fourth-order valence-corrected chi connectivity index (χ4v) is 4.32. The first-order valence-electron chi connectivity index (χ1n) is 9.92. The Bertz CT molecular complexity index is 1210. The van der Waals surface area contributed by atoms with Crippen LogP contribution in [0.4, 0.5) is 0 Å². The van der Waals surface area contributed by atoms with Crippen LogP contribution < -0.4 is 10.2 Å². The smallest absolute Gasteiger partial charge is 0.285 e. The summed E-state index contributed by atoms with van der Waals surface area (Å²) in [6.45, 7) is 2.29. The van der Waals surface area contributed by atoms with Gasteiger partial charge in [0.05, 0.1) is 4.91 Å². The van der Waals surface area contributed by atoms with Crippen molar-refractivity contribution in [3.8, 4) is 5.75 Å². The van der Waals surface area contributed by atoms with Crippen LogP contribution >= 0.6 is 24.0 Å². The number of benzene rings is 3. The van der Waals surface area contributed by atoms with E-state index in [1.165, 1.54) is 0 Å². The number of nitrogens with one attached hydrogen (secondary N) is 1. The number of nitrogens with zero attached hydrogens (tertiary/aromatic N) is 1. The minimum atomic E-state index is -0.378. The van der Waals surface area contributed by atoms with E-state index in [0.717, 1.165) is 33.5 Å². The van der Waals surface area contributed by atoms with Crippen molar-refractivity contribution in [3.63, 3.8) is 0 Å². The molecule has 1 fully saturated rings. The van der Waals surface area contributed by atoms with Crippen LogP contribution in [0.1, 0.15) is 27.0 Å². The molecule has 1 aliphatic heterocycles. The Balaban J connectivity index is 1.45. The van der Waals surface area contributed by atoms with Crippen molar-refractivity contribution in [1.29, 1.82) is 0 Å². The highest BCUT2D eigenvalue weighted by molar-refractivity contribution is 8.26. The summed E-state index contributed by atoms with van der Waals surface area (Å²) in [4.78, 5) is 25.9. The third-order valence-electron chi connectivity index (χ3n) is 4.80. The van der Waals surface area contributed by atoms with Crippen LogP contribution in [0.15, 0.2) is 83.8 Å². The van der Waals surface area contributed by atoms with Gasteiger partial charge in [0.15, 0.2) is 4.32 Å². The maximum Gasteiger partial charge on any atom is 0.285 e. The Kier molecular flexibility index (Phi) is 6.68. The molecule has 2 amide bonds. The lowest BCUT2D eigenvalue weighted by molar-refractivity contribution is -0.123. The van der Waals surface area contributed by atoms with Gasteiger partial charge in [-0.05, 0) is 60.1 Å². The molecule has 0 radical (unpaired) electrons. The van der Waals surface area contributed by atoms with Gasteiger partial charge in [0, 0.05) is 5.56 Å². The van der Waals surface area contributed by atoms with Crippen molar-refractivity contribution < 1.29 is 14.3 Å². The fraction of sp³-hybridized carbons (Fsp3) is 0.0800. The minimum Gasteiger partial charge on any atom is -0.489 e. The largest absolute Gasteiger partial charge is 0.489 e. The van der Waals surface area contributed by atoms with E-state index in [4.69, 9.17) is 17.0 Å². The topological polar surface area (TPSA) is 58.6 Å². The first kappa shape index (κ1) is 21.8. The highest BCUT2D eigenvalue weighted by Crippen LogP contribution is 2.32. The van der Waals surface area contributed by atoms with Gasteiger partial charge < -0.3 is 4.74 Å². The van der Waals surface area contributed by atoms with Crippen LogP contribution in [0.3, 0.4) is 0 Å².